The molecule has 0 aliphatic rings. The summed E-state index contributed by atoms with van der Waals surface area (Å²) in [6, 6.07) is 5.92. The van der Waals surface area contributed by atoms with Crippen LogP contribution in [0.2, 0.25) is 0 Å². The molecule has 1 aromatic heterocycles. The van der Waals surface area contributed by atoms with Gasteiger partial charge in [-0.1, -0.05) is 18.1 Å². The zero-order valence-electron chi connectivity index (χ0n) is 12.7. The van der Waals surface area contributed by atoms with E-state index in [-0.39, 0.29) is 0 Å². The summed E-state index contributed by atoms with van der Waals surface area (Å²) in [4.78, 5) is 0. The number of hydrogen-bond donors (Lipinski definition) is 1. The van der Waals surface area contributed by atoms with Gasteiger partial charge in [-0.05, 0) is 41.5 Å². The molecule has 114 valence electrons. The van der Waals surface area contributed by atoms with E-state index in [1.165, 1.54) is 0 Å². The summed E-state index contributed by atoms with van der Waals surface area (Å²) in [5.74, 6) is 2.17. The molecule has 0 aliphatic carbocycles. The van der Waals surface area contributed by atoms with Crippen LogP contribution in [0.15, 0.2) is 18.2 Å². The lowest BCUT2D eigenvalue weighted by Crippen LogP contribution is -2.06. The summed E-state index contributed by atoms with van der Waals surface area (Å²) in [5, 5.41) is 14.4. The van der Waals surface area contributed by atoms with E-state index in [1.807, 2.05) is 25.1 Å². The molecule has 2 rings (SSSR count). The number of anilines is 1. The van der Waals surface area contributed by atoms with Gasteiger partial charge in [0.15, 0.2) is 11.5 Å². The second-order valence-corrected chi connectivity index (χ2v) is 4.54. The fourth-order valence-electron chi connectivity index (χ4n) is 1.82. The van der Waals surface area contributed by atoms with Crippen molar-refractivity contribution in [3.8, 4) is 11.5 Å². The molecule has 0 spiro atoms. The quantitative estimate of drug-likeness (QED) is 0.802. The molecule has 0 saturated heterocycles. The summed E-state index contributed by atoms with van der Waals surface area (Å²) >= 11 is 0. The van der Waals surface area contributed by atoms with Crippen molar-refractivity contribution < 1.29 is 9.47 Å². The SMILES string of the molecule is CCCOc1ccc(CNc2nnnn2C)cc1OCC. The Hall–Kier alpha value is -2.31. The predicted octanol–water partition coefficient (Wildman–Crippen LogP) is 2.01. The minimum Gasteiger partial charge on any atom is -0.490 e. The molecule has 21 heavy (non-hydrogen) atoms. The van der Waals surface area contributed by atoms with Gasteiger partial charge in [-0.15, -0.1) is 0 Å². The Morgan fingerprint density at radius 3 is 2.71 bits per heavy atom. The van der Waals surface area contributed by atoms with Gasteiger partial charge in [0.05, 0.1) is 13.2 Å². The third-order valence-corrected chi connectivity index (χ3v) is 2.84. The van der Waals surface area contributed by atoms with Crippen LogP contribution >= 0.6 is 0 Å². The number of benzene rings is 1. The Bertz CT molecular complexity index is 570. The van der Waals surface area contributed by atoms with Crippen LogP contribution in [0.5, 0.6) is 11.5 Å². The van der Waals surface area contributed by atoms with Crippen molar-refractivity contribution in [3.63, 3.8) is 0 Å². The first-order chi connectivity index (χ1) is 10.2. The second-order valence-electron chi connectivity index (χ2n) is 4.54. The molecule has 0 radical (unpaired) electrons. The highest BCUT2D eigenvalue weighted by Crippen LogP contribution is 2.28. The van der Waals surface area contributed by atoms with Gasteiger partial charge in [-0.25, -0.2) is 4.68 Å². The van der Waals surface area contributed by atoms with E-state index in [9.17, 15) is 0 Å². The van der Waals surface area contributed by atoms with Crippen LogP contribution in [0.25, 0.3) is 0 Å². The number of nitrogens with zero attached hydrogens (tertiary/aromatic N) is 4. The molecule has 1 N–H and O–H groups in total. The molecule has 0 saturated carbocycles. The molecular formula is C14H21N5O2. The molecule has 1 heterocycles. The minimum absolute atomic E-state index is 0.604. The van der Waals surface area contributed by atoms with Gasteiger partial charge in [0.2, 0.25) is 5.95 Å². The smallest absolute Gasteiger partial charge is 0.242 e. The first kappa shape index (κ1) is 15.1. The summed E-state index contributed by atoms with van der Waals surface area (Å²) in [5.41, 5.74) is 1.07. The Balaban J connectivity index is 2.06. The lowest BCUT2D eigenvalue weighted by atomic mass is 10.2. The maximum absolute atomic E-state index is 5.68. The maximum atomic E-state index is 5.68. The maximum Gasteiger partial charge on any atom is 0.242 e. The monoisotopic (exact) mass is 291 g/mol. The predicted molar refractivity (Wildman–Crippen MR) is 79.5 cm³/mol. The fourth-order valence-corrected chi connectivity index (χ4v) is 1.82. The Kier molecular flexibility index (Phi) is 5.36. The van der Waals surface area contributed by atoms with Crippen molar-refractivity contribution in [2.45, 2.75) is 26.8 Å². The number of aryl methyl sites for hydroxylation is 1. The van der Waals surface area contributed by atoms with Crippen LogP contribution in [0.4, 0.5) is 5.95 Å². The molecular weight excluding hydrogens is 270 g/mol. The highest BCUT2D eigenvalue weighted by atomic mass is 16.5. The standard InChI is InChI=1S/C14H21N5O2/c1-4-8-21-12-7-6-11(9-13(12)20-5-2)10-15-14-16-17-18-19(14)3/h6-7,9H,4-5,8,10H2,1-3H3,(H,15,16,18). The van der Waals surface area contributed by atoms with Crippen molar-refractivity contribution >= 4 is 5.95 Å². The molecule has 0 fully saturated rings. The molecule has 7 heteroatoms. The molecule has 0 aliphatic heterocycles. The van der Waals surface area contributed by atoms with Crippen LogP contribution in [0.1, 0.15) is 25.8 Å². The topological polar surface area (TPSA) is 74.1 Å². The second kappa shape index (κ2) is 7.47. The zero-order chi connectivity index (χ0) is 15.1. The third kappa shape index (κ3) is 4.08. The van der Waals surface area contributed by atoms with Gasteiger partial charge >= 0.3 is 0 Å². The number of aromatic nitrogens is 4. The van der Waals surface area contributed by atoms with E-state index < -0.39 is 0 Å². The number of rotatable bonds is 8. The van der Waals surface area contributed by atoms with E-state index >= 15 is 0 Å². The number of hydrogen-bond acceptors (Lipinski definition) is 6. The van der Waals surface area contributed by atoms with Gasteiger partial charge in [0, 0.05) is 13.6 Å². The van der Waals surface area contributed by atoms with E-state index in [4.69, 9.17) is 9.47 Å². The van der Waals surface area contributed by atoms with Crippen LogP contribution in [0.3, 0.4) is 0 Å². The molecule has 7 nitrogen and oxygen atoms in total. The Morgan fingerprint density at radius 2 is 2.05 bits per heavy atom. The van der Waals surface area contributed by atoms with Crippen LogP contribution in [-0.2, 0) is 13.6 Å². The van der Waals surface area contributed by atoms with E-state index in [1.54, 1.807) is 11.7 Å². The van der Waals surface area contributed by atoms with Gasteiger partial charge in [-0.3, -0.25) is 0 Å². The van der Waals surface area contributed by atoms with Crippen molar-refractivity contribution in [3.05, 3.63) is 23.8 Å². The molecule has 2 aromatic rings. The molecule has 1 aromatic carbocycles. The highest BCUT2D eigenvalue weighted by molar-refractivity contribution is 5.44. The van der Waals surface area contributed by atoms with Crippen molar-refractivity contribution in [1.82, 2.24) is 20.2 Å². The van der Waals surface area contributed by atoms with Crippen molar-refractivity contribution in [1.29, 1.82) is 0 Å². The number of tetrazole rings is 1. The minimum atomic E-state index is 0.604. The molecule has 0 atom stereocenters. The zero-order valence-corrected chi connectivity index (χ0v) is 12.7. The summed E-state index contributed by atoms with van der Waals surface area (Å²) in [7, 11) is 1.79. The lowest BCUT2D eigenvalue weighted by molar-refractivity contribution is 0.276. The van der Waals surface area contributed by atoms with Crippen LogP contribution in [0, 0.1) is 0 Å². The summed E-state index contributed by atoms with van der Waals surface area (Å²) in [6.07, 6.45) is 0.966. The fraction of sp³-hybridized carbons (Fsp3) is 0.500. The average molecular weight is 291 g/mol. The summed E-state index contributed by atoms with van der Waals surface area (Å²) in [6.45, 7) is 5.94. The van der Waals surface area contributed by atoms with Gasteiger partial charge in [-0.2, -0.15) is 0 Å². The number of nitrogens with one attached hydrogen (secondary N) is 1. The van der Waals surface area contributed by atoms with Gasteiger partial charge in [0.1, 0.15) is 0 Å². The Morgan fingerprint density at radius 1 is 1.19 bits per heavy atom. The van der Waals surface area contributed by atoms with E-state index in [0.717, 1.165) is 23.5 Å². The van der Waals surface area contributed by atoms with Gasteiger partial charge < -0.3 is 14.8 Å². The largest absolute Gasteiger partial charge is 0.490 e. The van der Waals surface area contributed by atoms with Crippen molar-refractivity contribution in [2.24, 2.45) is 7.05 Å². The summed E-state index contributed by atoms with van der Waals surface area (Å²) < 4.78 is 12.9. The lowest BCUT2D eigenvalue weighted by Gasteiger charge is -2.13. The Labute approximate surface area is 124 Å². The molecule has 0 bridgehead atoms. The first-order valence-corrected chi connectivity index (χ1v) is 7.09. The van der Waals surface area contributed by atoms with Crippen LogP contribution in [-0.4, -0.2) is 33.4 Å². The normalized spacial score (nSPS) is 10.4. The number of ether oxygens (including phenoxy) is 2. The third-order valence-electron chi connectivity index (χ3n) is 2.84. The van der Waals surface area contributed by atoms with Gasteiger partial charge in [0.25, 0.3) is 0 Å². The average Bonchev–Trinajstić information content (AvgIpc) is 2.90. The van der Waals surface area contributed by atoms with Crippen LogP contribution < -0.4 is 14.8 Å². The first-order valence-electron chi connectivity index (χ1n) is 7.09. The van der Waals surface area contributed by atoms with Crippen molar-refractivity contribution in [2.75, 3.05) is 18.5 Å². The highest BCUT2D eigenvalue weighted by Gasteiger charge is 2.07. The van der Waals surface area contributed by atoms with E-state index in [0.29, 0.717) is 25.7 Å². The molecule has 0 unspecified atom stereocenters. The molecule has 0 amide bonds. The van der Waals surface area contributed by atoms with E-state index in [2.05, 4.69) is 27.8 Å².